The maximum Gasteiger partial charge on any atom is 0.115 e. The Kier molecular flexibility index (Phi) is 6.06. The van der Waals surface area contributed by atoms with Gasteiger partial charge < -0.3 is 10.4 Å². The summed E-state index contributed by atoms with van der Waals surface area (Å²) in [4.78, 5) is 0. The van der Waals surface area contributed by atoms with Crippen LogP contribution in [0.3, 0.4) is 0 Å². The van der Waals surface area contributed by atoms with Crippen molar-refractivity contribution < 1.29 is 5.11 Å². The molecule has 0 saturated carbocycles. The Bertz CT molecular complexity index is 307. The highest BCUT2D eigenvalue weighted by molar-refractivity contribution is 5.25. The monoisotopic (exact) mass is 235 g/mol. The van der Waals surface area contributed by atoms with Gasteiger partial charge >= 0.3 is 0 Å². The van der Waals surface area contributed by atoms with E-state index in [1.807, 2.05) is 12.1 Å². The first-order valence-corrected chi connectivity index (χ1v) is 6.65. The van der Waals surface area contributed by atoms with Crippen LogP contribution in [0.15, 0.2) is 24.3 Å². The second kappa shape index (κ2) is 7.33. The lowest BCUT2D eigenvalue weighted by molar-refractivity contribution is 0.426. The van der Waals surface area contributed by atoms with Crippen LogP contribution in [0.2, 0.25) is 0 Å². The number of phenols is 1. The number of hydrogen-bond acceptors (Lipinski definition) is 2. The Labute approximate surface area is 105 Å². The highest BCUT2D eigenvalue weighted by Crippen LogP contribution is 2.12. The van der Waals surface area contributed by atoms with Gasteiger partial charge in [0.1, 0.15) is 5.75 Å². The summed E-state index contributed by atoms with van der Waals surface area (Å²) in [5, 5.41) is 12.8. The minimum absolute atomic E-state index is 0.344. The molecule has 0 heterocycles. The molecular weight excluding hydrogens is 210 g/mol. The maximum absolute atomic E-state index is 9.20. The van der Waals surface area contributed by atoms with Gasteiger partial charge in [-0.05, 0) is 50.8 Å². The molecule has 0 saturated heterocycles. The minimum Gasteiger partial charge on any atom is -0.508 e. The van der Waals surface area contributed by atoms with Crippen molar-refractivity contribution in [2.24, 2.45) is 0 Å². The van der Waals surface area contributed by atoms with Crippen molar-refractivity contribution in [1.29, 1.82) is 0 Å². The molecule has 2 N–H and O–H groups in total. The summed E-state index contributed by atoms with van der Waals surface area (Å²) in [5.41, 5.74) is 1.29. The van der Waals surface area contributed by atoms with Gasteiger partial charge in [0.25, 0.3) is 0 Å². The third-order valence-corrected chi connectivity index (χ3v) is 3.09. The second-order valence-corrected chi connectivity index (χ2v) is 4.96. The topological polar surface area (TPSA) is 32.3 Å². The zero-order valence-corrected chi connectivity index (χ0v) is 11.2. The normalized spacial score (nSPS) is 14.5. The van der Waals surface area contributed by atoms with E-state index in [2.05, 4.69) is 26.1 Å². The standard InChI is InChI=1S/C15H25NO/c1-4-5-12(2)16-13(3)6-7-14-8-10-15(17)11-9-14/h8-13,16-17H,4-7H2,1-3H3. The van der Waals surface area contributed by atoms with E-state index in [4.69, 9.17) is 0 Å². The van der Waals surface area contributed by atoms with Crippen LogP contribution < -0.4 is 5.32 Å². The van der Waals surface area contributed by atoms with Crippen LogP contribution >= 0.6 is 0 Å². The molecule has 0 aliphatic rings. The van der Waals surface area contributed by atoms with Crippen LogP contribution in [0, 0.1) is 0 Å². The molecule has 2 atom stereocenters. The van der Waals surface area contributed by atoms with Crippen molar-refractivity contribution in [3.05, 3.63) is 29.8 Å². The van der Waals surface area contributed by atoms with E-state index < -0.39 is 0 Å². The highest BCUT2D eigenvalue weighted by Gasteiger charge is 2.06. The van der Waals surface area contributed by atoms with Gasteiger partial charge in [-0.2, -0.15) is 0 Å². The molecule has 0 aliphatic carbocycles. The van der Waals surface area contributed by atoms with E-state index in [1.165, 1.54) is 18.4 Å². The first kappa shape index (κ1) is 14.0. The molecule has 0 spiro atoms. The molecule has 1 rings (SSSR count). The SMILES string of the molecule is CCCC(C)NC(C)CCc1ccc(O)cc1. The number of aromatic hydroxyl groups is 1. The van der Waals surface area contributed by atoms with Crippen LogP contribution in [0.4, 0.5) is 0 Å². The Morgan fingerprint density at radius 1 is 1.06 bits per heavy atom. The third kappa shape index (κ3) is 5.73. The van der Waals surface area contributed by atoms with Crippen LogP contribution in [-0.2, 0) is 6.42 Å². The number of hydrogen-bond donors (Lipinski definition) is 2. The predicted molar refractivity (Wildman–Crippen MR) is 73.4 cm³/mol. The van der Waals surface area contributed by atoms with Gasteiger partial charge in [-0.15, -0.1) is 0 Å². The largest absolute Gasteiger partial charge is 0.508 e. The van der Waals surface area contributed by atoms with Gasteiger partial charge in [-0.1, -0.05) is 25.5 Å². The fourth-order valence-electron chi connectivity index (χ4n) is 2.13. The molecular formula is C15H25NO. The number of rotatable bonds is 7. The van der Waals surface area contributed by atoms with Crippen LogP contribution in [0.1, 0.15) is 45.6 Å². The van der Waals surface area contributed by atoms with Crippen molar-refractivity contribution in [2.45, 2.75) is 58.5 Å². The minimum atomic E-state index is 0.344. The Balaban J connectivity index is 2.27. The van der Waals surface area contributed by atoms with Crippen molar-refractivity contribution in [1.82, 2.24) is 5.32 Å². The average molecular weight is 235 g/mol. The lowest BCUT2D eigenvalue weighted by Gasteiger charge is -2.19. The summed E-state index contributed by atoms with van der Waals surface area (Å²) in [6.45, 7) is 6.71. The number of nitrogens with one attached hydrogen (secondary N) is 1. The van der Waals surface area contributed by atoms with Crippen molar-refractivity contribution in [3.63, 3.8) is 0 Å². The number of aryl methyl sites for hydroxylation is 1. The first-order chi connectivity index (χ1) is 8.11. The molecule has 2 nitrogen and oxygen atoms in total. The Morgan fingerprint density at radius 3 is 2.24 bits per heavy atom. The molecule has 0 fully saturated rings. The van der Waals surface area contributed by atoms with Gasteiger partial charge in [0.15, 0.2) is 0 Å². The van der Waals surface area contributed by atoms with E-state index in [9.17, 15) is 5.11 Å². The third-order valence-electron chi connectivity index (χ3n) is 3.09. The summed E-state index contributed by atoms with van der Waals surface area (Å²) >= 11 is 0. The summed E-state index contributed by atoms with van der Waals surface area (Å²) in [7, 11) is 0. The summed E-state index contributed by atoms with van der Waals surface area (Å²) in [6.07, 6.45) is 4.68. The summed E-state index contributed by atoms with van der Waals surface area (Å²) in [5.74, 6) is 0.344. The molecule has 0 aliphatic heterocycles. The Hall–Kier alpha value is -1.02. The molecule has 1 aromatic rings. The van der Waals surface area contributed by atoms with Gasteiger partial charge in [-0.25, -0.2) is 0 Å². The molecule has 96 valence electrons. The average Bonchev–Trinajstić information content (AvgIpc) is 2.28. The maximum atomic E-state index is 9.20. The molecule has 2 unspecified atom stereocenters. The quantitative estimate of drug-likeness (QED) is 0.758. The molecule has 17 heavy (non-hydrogen) atoms. The summed E-state index contributed by atoms with van der Waals surface area (Å²) in [6, 6.07) is 8.66. The van der Waals surface area contributed by atoms with Crippen LogP contribution in [0.5, 0.6) is 5.75 Å². The lowest BCUT2D eigenvalue weighted by atomic mass is 10.0. The van der Waals surface area contributed by atoms with Crippen LogP contribution in [0.25, 0.3) is 0 Å². The zero-order valence-electron chi connectivity index (χ0n) is 11.2. The Morgan fingerprint density at radius 2 is 1.65 bits per heavy atom. The van der Waals surface area contributed by atoms with Crippen molar-refractivity contribution in [3.8, 4) is 5.75 Å². The fourth-order valence-corrected chi connectivity index (χ4v) is 2.13. The van der Waals surface area contributed by atoms with Crippen LogP contribution in [-0.4, -0.2) is 17.2 Å². The predicted octanol–water partition coefficient (Wildman–Crippen LogP) is 3.49. The molecule has 0 radical (unpaired) electrons. The molecule has 0 aromatic heterocycles. The van der Waals surface area contributed by atoms with Crippen molar-refractivity contribution in [2.75, 3.05) is 0 Å². The summed E-state index contributed by atoms with van der Waals surface area (Å²) < 4.78 is 0. The smallest absolute Gasteiger partial charge is 0.115 e. The molecule has 0 bridgehead atoms. The van der Waals surface area contributed by atoms with Gasteiger partial charge in [0.05, 0.1) is 0 Å². The second-order valence-electron chi connectivity index (χ2n) is 4.96. The van der Waals surface area contributed by atoms with Gasteiger partial charge in [-0.3, -0.25) is 0 Å². The molecule has 2 heteroatoms. The van der Waals surface area contributed by atoms with E-state index in [-0.39, 0.29) is 0 Å². The molecule has 1 aromatic carbocycles. The van der Waals surface area contributed by atoms with Gasteiger partial charge in [0, 0.05) is 12.1 Å². The highest BCUT2D eigenvalue weighted by atomic mass is 16.3. The zero-order chi connectivity index (χ0) is 12.7. The number of phenolic OH excluding ortho intramolecular Hbond substituents is 1. The lowest BCUT2D eigenvalue weighted by Crippen LogP contribution is -2.34. The van der Waals surface area contributed by atoms with Gasteiger partial charge in [0.2, 0.25) is 0 Å². The van der Waals surface area contributed by atoms with E-state index in [0.29, 0.717) is 17.8 Å². The van der Waals surface area contributed by atoms with Crippen molar-refractivity contribution >= 4 is 0 Å². The molecule has 0 amide bonds. The fraction of sp³-hybridized carbons (Fsp3) is 0.600. The number of benzene rings is 1. The van der Waals surface area contributed by atoms with E-state index in [1.54, 1.807) is 12.1 Å². The first-order valence-electron chi connectivity index (χ1n) is 6.65. The van der Waals surface area contributed by atoms with E-state index >= 15 is 0 Å². The van der Waals surface area contributed by atoms with E-state index in [0.717, 1.165) is 12.8 Å².